The Morgan fingerprint density at radius 3 is 2.94 bits per heavy atom. The number of hydrogen-bond donors (Lipinski definition) is 1. The van der Waals surface area contributed by atoms with E-state index in [9.17, 15) is 4.39 Å². The fourth-order valence-corrected chi connectivity index (χ4v) is 3.47. The highest BCUT2D eigenvalue weighted by Gasteiger charge is 2.34. The third kappa shape index (κ3) is 2.86. The summed E-state index contributed by atoms with van der Waals surface area (Å²) in [6.45, 7) is 2.89. The van der Waals surface area contributed by atoms with Gasteiger partial charge < -0.3 is 5.73 Å². The van der Waals surface area contributed by atoms with Crippen molar-refractivity contribution in [3.63, 3.8) is 0 Å². The predicted molar refractivity (Wildman–Crippen MR) is 74.2 cm³/mol. The van der Waals surface area contributed by atoms with E-state index in [1.165, 1.54) is 12.8 Å². The first-order chi connectivity index (χ1) is 8.56. The molecule has 1 aliphatic carbocycles. The number of rotatable bonds is 3. The monoisotopic (exact) mass is 269 g/mol. The van der Waals surface area contributed by atoms with Crippen molar-refractivity contribution in [2.45, 2.75) is 39.0 Å². The van der Waals surface area contributed by atoms with Gasteiger partial charge in [-0.25, -0.2) is 4.39 Å². The van der Waals surface area contributed by atoms with Gasteiger partial charge >= 0.3 is 0 Å². The van der Waals surface area contributed by atoms with Gasteiger partial charge in [-0.2, -0.15) is 0 Å². The van der Waals surface area contributed by atoms with Crippen molar-refractivity contribution < 1.29 is 4.39 Å². The number of nitrogens with two attached hydrogens (primary N) is 1. The molecule has 100 valence electrons. The van der Waals surface area contributed by atoms with E-state index in [0.29, 0.717) is 24.4 Å². The van der Waals surface area contributed by atoms with E-state index in [4.69, 9.17) is 17.3 Å². The lowest BCUT2D eigenvalue weighted by Gasteiger charge is -2.39. The summed E-state index contributed by atoms with van der Waals surface area (Å²) in [5.74, 6) is 0.412. The molecule has 2 N–H and O–H groups in total. The first-order valence-electron chi connectivity index (χ1n) is 6.69. The van der Waals surface area contributed by atoms with E-state index in [1.807, 2.05) is 12.1 Å². The van der Waals surface area contributed by atoms with E-state index in [0.717, 1.165) is 12.8 Å². The van der Waals surface area contributed by atoms with Gasteiger partial charge in [0.2, 0.25) is 0 Å². The van der Waals surface area contributed by atoms with Gasteiger partial charge in [-0.15, -0.1) is 0 Å². The maximum absolute atomic E-state index is 14.0. The second-order valence-electron chi connectivity index (χ2n) is 5.80. The molecule has 1 aromatic carbocycles. The minimum atomic E-state index is -0.273. The highest BCUT2D eigenvalue weighted by atomic mass is 35.5. The van der Waals surface area contributed by atoms with E-state index in [-0.39, 0.29) is 16.3 Å². The Labute approximate surface area is 114 Å². The number of benzene rings is 1. The molecule has 1 fully saturated rings. The quantitative estimate of drug-likeness (QED) is 0.875. The van der Waals surface area contributed by atoms with Gasteiger partial charge in [-0.1, -0.05) is 43.5 Å². The predicted octanol–water partition coefficient (Wildman–Crippen LogP) is 4.18. The van der Waals surface area contributed by atoms with Crippen LogP contribution < -0.4 is 5.73 Å². The lowest BCUT2D eigenvalue weighted by molar-refractivity contribution is 0.152. The van der Waals surface area contributed by atoms with Gasteiger partial charge in [0.25, 0.3) is 0 Å². The molecule has 0 amide bonds. The topological polar surface area (TPSA) is 26.0 Å². The van der Waals surface area contributed by atoms with Gasteiger partial charge in [0.1, 0.15) is 5.82 Å². The molecule has 1 aromatic rings. The minimum absolute atomic E-state index is 0.0587. The Morgan fingerprint density at radius 1 is 1.50 bits per heavy atom. The van der Waals surface area contributed by atoms with Crippen molar-refractivity contribution in [1.82, 2.24) is 0 Å². The Kier molecular flexibility index (Phi) is 4.29. The zero-order chi connectivity index (χ0) is 13.2. The molecule has 1 saturated carbocycles. The minimum Gasteiger partial charge on any atom is -0.330 e. The first kappa shape index (κ1) is 13.8. The molecule has 2 atom stereocenters. The van der Waals surface area contributed by atoms with Crippen molar-refractivity contribution in [3.8, 4) is 0 Å². The Hall–Kier alpha value is -0.600. The highest BCUT2D eigenvalue weighted by Crippen LogP contribution is 2.41. The smallest absolute Gasteiger partial charge is 0.144 e. The SMILES string of the molecule is CC1CCCC(CN)(Cc2cccc(Cl)c2F)C1. The van der Waals surface area contributed by atoms with Crippen molar-refractivity contribution in [2.24, 2.45) is 17.1 Å². The average Bonchev–Trinajstić information content (AvgIpc) is 2.35. The Bertz CT molecular complexity index is 421. The number of halogens is 2. The standard InChI is InChI=1S/C15H21ClFN/c1-11-4-3-7-15(8-11,10-18)9-12-5-2-6-13(16)14(12)17/h2,5-6,11H,3-4,7-10,18H2,1H3. The number of hydrogen-bond acceptors (Lipinski definition) is 1. The fraction of sp³-hybridized carbons (Fsp3) is 0.600. The highest BCUT2D eigenvalue weighted by molar-refractivity contribution is 6.30. The van der Waals surface area contributed by atoms with Crippen LogP contribution in [0.5, 0.6) is 0 Å². The molecule has 0 aromatic heterocycles. The molecular formula is C15H21ClFN. The molecule has 1 nitrogen and oxygen atoms in total. The van der Waals surface area contributed by atoms with Crippen LogP contribution in [0.1, 0.15) is 38.2 Å². The van der Waals surface area contributed by atoms with Gasteiger partial charge in [-0.3, -0.25) is 0 Å². The largest absolute Gasteiger partial charge is 0.330 e. The summed E-state index contributed by atoms with van der Waals surface area (Å²) in [5.41, 5.74) is 6.75. The van der Waals surface area contributed by atoms with E-state index >= 15 is 0 Å². The summed E-state index contributed by atoms with van der Waals surface area (Å²) in [6, 6.07) is 5.24. The summed E-state index contributed by atoms with van der Waals surface area (Å²) in [7, 11) is 0. The maximum atomic E-state index is 14.0. The summed E-state index contributed by atoms with van der Waals surface area (Å²) in [6.07, 6.45) is 5.36. The van der Waals surface area contributed by atoms with Crippen LogP contribution in [0.4, 0.5) is 4.39 Å². The molecule has 0 radical (unpaired) electrons. The second-order valence-corrected chi connectivity index (χ2v) is 6.20. The summed E-state index contributed by atoms with van der Waals surface area (Å²) in [4.78, 5) is 0. The molecule has 0 heterocycles. The van der Waals surface area contributed by atoms with Crippen LogP contribution in [0.2, 0.25) is 5.02 Å². The van der Waals surface area contributed by atoms with Crippen molar-refractivity contribution in [3.05, 3.63) is 34.6 Å². The molecule has 0 saturated heterocycles. The van der Waals surface area contributed by atoms with E-state index in [2.05, 4.69) is 6.92 Å². The molecule has 3 heteroatoms. The van der Waals surface area contributed by atoms with Crippen molar-refractivity contribution in [1.29, 1.82) is 0 Å². The fourth-order valence-electron chi connectivity index (χ4n) is 3.28. The van der Waals surface area contributed by atoms with E-state index in [1.54, 1.807) is 6.07 Å². The summed E-state index contributed by atoms with van der Waals surface area (Å²) >= 11 is 5.84. The van der Waals surface area contributed by atoms with Gasteiger partial charge in [0.15, 0.2) is 0 Å². The zero-order valence-electron chi connectivity index (χ0n) is 10.9. The molecule has 18 heavy (non-hydrogen) atoms. The second kappa shape index (κ2) is 5.58. The molecule has 2 rings (SSSR count). The van der Waals surface area contributed by atoms with Crippen LogP contribution >= 0.6 is 11.6 Å². The lowest BCUT2D eigenvalue weighted by Crippen LogP contribution is -2.37. The maximum Gasteiger partial charge on any atom is 0.144 e. The molecule has 0 bridgehead atoms. The van der Waals surface area contributed by atoms with Crippen LogP contribution in [-0.2, 0) is 6.42 Å². The Morgan fingerprint density at radius 2 is 2.28 bits per heavy atom. The molecule has 0 spiro atoms. The van der Waals surface area contributed by atoms with Crippen LogP contribution in [0.3, 0.4) is 0 Å². The van der Waals surface area contributed by atoms with Crippen molar-refractivity contribution >= 4 is 11.6 Å². The molecule has 2 unspecified atom stereocenters. The summed E-state index contributed by atoms with van der Waals surface area (Å²) in [5, 5.41) is 0.212. The van der Waals surface area contributed by atoms with Crippen LogP contribution in [0.25, 0.3) is 0 Å². The first-order valence-corrected chi connectivity index (χ1v) is 7.07. The van der Waals surface area contributed by atoms with Crippen molar-refractivity contribution in [2.75, 3.05) is 6.54 Å². The van der Waals surface area contributed by atoms with Gasteiger partial charge in [0.05, 0.1) is 5.02 Å². The molecular weight excluding hydrogens is 249 g/mol. The normalized spacial score (nSPS) is 28.3. The third-order valence-electron chi connectivity index (χ3n) is 4.22. The van der Waals surface area contributed by atoms with Crippen LogP contribution in [0.15, 0.2) is 18.2 Å². The molecule has 1 aliphatic rings. The summed E-state index contributed by atoms with van der Waals surface area (Å²) < 4.78 is 14.0. The van der Waals surface area contributed by atoms with Gasteiger partial charge in [0, 0.05) is 0 Å². The van der Waals surface area contributed by atoms with Crippen LogP contribution in [-0.4, -0.2) is 6.54 Å². The third-order valence-corrected chi connectivity index (χ3v) is 4.51. The molecule has 0 aliphatic heterocycles. The zero-order valence-corrected chi connectivity index (χ0v) is 11.6. The average molecular weight is 270 g/mol. The van der Waals surface area contributed by atoms with E-state index < -0.39 is 0 Å². The van der Waals surface area contributed by atoms with Crippen LogP contribution in [0, 0.1) is 17.2 Å². The Balaban J connectivity index is 2.22. The van der Waals surface area contributed by atoms with Gasteiger partial charge in [-0.05, 0) is 48.8 Å². The lowest BCUT2D eigenvalue weighted by atomic mass is 9.67.